The summed E-state index contributed by atoms with van der Waals surface area (Å²) < 4.78 is 18.0. The predicted octanol–water partition coefficient (Wildman–Crippen LogP) is 1.76. The molecule has 0 unspecified atom stereocenters. The summed E-state index contributed by atoms with van der Waals surface area (Å²) >= 11 is 0. The number of carbonyl (C=O) groups excluding carboxylic acids is 2. The Morgan fingerprint density at radius 2 is 1.82 bits per heavy atom. The Morgan fingerprint density at radius 3 is 2.55 bits per heavy atom. The predicted molar refractivity (Wildman–Crippen MR) is 119 cm³/mol. The molecule has 1 N–H and O–H groups in total. The summed E-state index contributed by atoms with van der Waals surface area (Å²) in [6.07, 6.45) is 0.252. The number of hydrogen-bond acceptors (Lipinski definition) is 6. The highest BCUT2D eigenvalue weighted by atomic mass is 19.1. The summed E-state index contributed by atoms with van der Waals surface area (Å²) in [5.74, 6) is -0.830. The molecule has 174 valence electrons. The van der Waals surface area contributed by atoms with E-state index in [0.717, 1.165) is 25.2 Å². The summed E-state index contributed by atoms with van der Waals surface area (Å²) in [4.78, 5) is 31.9. The molecule has 1 amide bonds. The number of aliphatic hydroxyl groups excluding tert-OH is 1. The Balaban J connectivity index is 1.33. The second-order valence-corrected chi connectivity index (χ2v) is 9.45. The molecular formula is C25H28FN3O4. The van der Waals surface area contributed by atoms with Gasteiger partial charge in [-0.2, -0.15) is 0 Å². The third-order valence-electron chi connectivity index (χ3n) is 7.09. The summed E-state index contributed by atoms with van der Waals surface area (Å²) in [6, 6.07) is 13.3. The van der Waals surface area contributed by atoms with Crippen LogP contribution >= 0.6 is 0 Å². The van der Waals surface area contributed by atoms with E-state index in [-0.39, 0.29) is 23.3 Å². The normalized spacial score (nSPS) is 24.4. The van der Waals surface area contributed by atoms with E-state index in [1.165, 1.54) is 19.2 Å². The molecule has 0 radical (unpaired) electrons. The largest absolute Gasteiger partial charge is 0.465 e. The number of hydrogen-bond donors (Lipinski definition) is 1. The molecule has 2 aromatic carbocycles. The van der Waals surface area contributed by atoms with E-state index >= 15 is 0 Å². The van der Waals surface area contributed by atoms with E-state index in [4.69, 9.17) is 4.74 Å². The number of nitrogens with zero attached hydrogens (tertiary/aromatic N) is 3. The number of aliphatic hydroxyl groups is 1. The minimum Gasteiger partial charge on any atom is -0.465 e. The molecule has 8 heteroatoms. The van der Waals surface area contributed by atoms with Crippen LogP contribution < -0.4 is 0 Å². The topological polar surface area (TPSA) is 73.3 Å². The van der Waals surface area contributed by atoms with Crippen LogP contribution in [0.4, 0.5) is 4.39 Å². The van der Waals surface area contributed by atoms with Gasteiger partial charge in [0.25, 0.3) is 5.91 Å². The zero-order valence-corrected chi connectivity index (χ0v) is 18.6. The van der Waals surface area contributed by atoms with Gasteiger partial charge in [0.1, 0.15) is 5.82 Å². The Morgan fingerprint density at radius 1 is 1.09 bits per heavy atom. The maximum atomic E-state index is 13.4. The van der Waals surface area contributed by atoms with Crippen LogP contribution in [0.15, 0.2) is 48.5 Å². The second-order valence-electron chi connectivity index (χ2n) is 9.45. The molecule has 7 nitrogen and oxygen atoms in total. The number of halogens is 1. The molecule has 3 aliphatic heterocycles. The molecule has 5 rings (SSSR count). The van der Waals surface area contributed by atoms with E-state index in [1.54, 1.807) is 36.4 Å². The number of esters is 1. The van der Waals surface area contributed by atoms with Crippen LogP contribution in [0.2, 0.25) is 0 Å². The lowest BCUT2D eigenvalue weighted by Crippen LogP contribution is -2.78. The lowest BCUT2D eigenvalue weighted by atomic mass is 9.83. The molecule has 0 bridgehead atoms. The van der Waals surface area contributed by atoms with E-state index in [2.05, 4.69) is 9.80 Å². The standard InChI is InChI=1S/C25H28FN3O4/c1-33-24(32)19-4-2-3-18(9-19)23(31)28-12-21-10-22(30)13-29(21)25(16-28)14-27(15-25)11-17-5-7-20(26)8-6-17/h2-9,21-22,30H,10-16H2,1H3/t21-,22+/m0/s1. The number of fused-ring (bicyclic) bond motifs is 2. The molecule has 2 atom stereocenters. The van der Waals surface area contributed by atoms with Crippen molar-refractivity contribution in [3.8, 4) is 0 Å². The molecule has 0 saturated carbocycles. The minimum absolute atomic E-state index is 0.106. The van der Waals surface area contributed by atoms with Gasteiger partial charge in [-0.3, -0.25) is 14.6 Å². The van der Waals surface area contributed by atoms with E-state index in [9.17, 15) is 19.1 Å². The van der Waals surface area contributed by atoms with Gasteiger partial charge in [0.2, 0.25) is 0 Å². The first kappa shape index (κ1) is 22.0. The fraction of sp³-hybridized carbons (Fsp3) is 0.440. The first-order chi connectivity index (χ1) is 15.9. The van der Waals surface area contributed by atoms with Gasteiger partial charge in [-0.05, 0) is 42.3 Å². The lowest BCUT2D eigenvalue weighted by Gasteiger charge is -2.61. The second kappa shape index (κ2) is 8.52. The molecule has 2 aromatic rings. The third-order valence-corrected chi connectivity index (χ3v) is 7.09. The summed E-state index contributed by atoms with van der Waals surface area (Å²) in [6.45, 7) is 4.02. The van der Waals surface area contributed by atoms with Gasteiger partial charge < -0.3 is 14.7 Å². The number of carbonyl (C=O) groups is 2. The molecule has 3 aliphatic rings. The van der Waals surface area contributed by atoms with Crippen LogP contribution in [-0.2, 0) is 11.3 Å². The van der Waals surface area contributed by atoms with Crippen LogP contribution in [0.3, 0.4) is 0 Å². The molecule has 0 aliphatic carbocycles. The number of methoxy groups -OCH3 is 1. The molecule has 3 heterocycles. The van der Waals surface area contributed by atoms with Gasteiger partial charge in [0.15, 0.2) is 0 Å². The molecule has 0 aromatic heterocycles. The SMILES string of the molecule is COC(=O)c1cccc(C(=O)N2C[C@@H]3C[C@@H](O)CN3C3(CN(Cc4ccc(F)cc4)C3)C2)c1. The van der Waals surface area contributed by atoms with E-state index in [0.29, 0.717) is 37.2 Å². The monoisotopic (exact) mass is 453 g/mol. The van der Waals surface area contributed by atoms with Gasteiger partial charge in [-0.25, -0.2) is 9.18 Å². The van der Waals surface area contributed by atoms with Crippen LogP contribution in [0.25, 0.3) is 0 Å². The van der Waals surface area contributed by atoms with Gasteiger partial charge >= 0.3 is 5.97 Å². The van der Waals surface area contributed by atoms with E-state index in [1.807, 2.05) is 4.90 Å². The van der Waals surface area contributed by atoms with Crippen LogP contribution in [-0.4, -0.2) is 89.2 Å². The van der Waals surface area contributed by atoms with Crippen molar-refractivity contribution in [3.63, 3.8) is 0 Å². The van der Waals surface area contributed by atoms with Crippen molar-refractivity contribution in [1.29, 1.82) is 0 Å². The molecule has 3 fully saturated rings. The Kier molecular flexibility index (Phi) is 5.68. The molecular weight excluding hydrogens is 425 g/mol. The zero-order chi connectivity index (χ0) is 23.2. The fourth-order valence-electron chi connectivity index (χ4n) is 5.67. The van der Waals surface area contributed by atoms with Crippen molar-refractivity contribution in [2.75, 3.05) is 39.8 Å². The maximum absolute atomic E-state index is 13.4. The quantitative estimate of drug-likeness (QED) is 0.712. The van der Waals surface area contributed by atoms with Gasteiger partial charge in [-0.15, -0.1) is 0 Å². The van der Waals surface area contributed by atoms with Crippen molar-refractivity contribution in [3.05, 3.63) is 71.0 Å². The van der Waals surface area contributed by atoms with Crippen molar-refractivity contribution < 1.29 is 23.8 Å². The van der Waals surface area contributed by atoms with Gasteiger partial charge in [0, 0.05) is 50.9 Å². The average molecular weight is 454 g/mol. The minimum atomic E-state index is -0.472. The maximum Gasteiger partial charge on any atom is 0.337 e. The third kappa shape index (κ3) is 4.14. The summed E-state index contributed by atoms with van der Waals surface area (Å²) in [5.41, 5.74) is 1.65. The highest BCUT2D eigenvalue weighted by Gasteiger charge is 2.56. The van der Waals surface area contributed by atoms with Crippen molar-refractivity contribution in [1.82, 2.24) is 14.7 Å². The smallest absolute Gasteiger partial charge is 0.337 e. The Bertz CT molecular complexity index is 1050. The van der Waals surface area contributed by atoms with Crippen LogP contribution in [0.5, 0.6) is 0 Å². The van der Waals surface area contributed by atoms with Crippen molar-refractivity contribution in [2.45, 2.75) is 30.7 Å². The van der Waals surface area contributed by atoms with Gasteiger partial charge in [-0.1, -0.05) is 18.2 Å². The van der Waals surface area contributed by atoms with Crippen molar-refractivity contribution in [2.24, 2.45) is 0 Å². The number of benzene rings is 2. The Hall–Kier alpha value is -2.81. The highest BCUT2D eigenvalue weighted by Crippen LogP contribution is 2.39. The number of likely N-dealkylation sites (tertiary alicyclic amines) is 1. The summed E-state index contributed by atoms with van der Waals surface area (Å²) in [7, 11) is 1.32. The highest BCUT2D eigenvalue weighted by molar-refractivity contribution is 5.98. The van der Waals surface area contributed by atoms with E-state index < -0.39 is 12.1 Å². The average Bonchev–Trinajstić information content (AvgIpc) is 3.19. The number of ether oxygens (including phenoxy) is 1. The molecule has 1 spiro atoms. The lowest BCUT2D eigenvalue weighted by molar-refractivity contribution is -0.108. The number of β-amino-alcohol motifs (C(OH)–C–C–N with tert-alkyl or cyclic N) is 1. The number of amides is 1. The van der Waals surface area contributed by atoms with Crippen LogP contribution in [0, 0.1) is 5.82 Å². The zero-order valence-electron chi connectivity index (χ0n) is 18.6. The molecule has 33 heavy (non-hydrogen) atoms. The van der Waals surface area contributed by atoms with Crippen molar-refractivity contribution >= 4 is 11.9 Å². The molecule has 3 saturated heterocycles. The first-order valence-corrected chi connectivity index (χ1v) is 11.3. The number of piperazine rings is 1. The Labute approximate surface area is 192 Å². The first-order valence-electron chi connectivity index (χ1n) is 11.3. The van der Waals surface area contributed by atoms with Gasteiger partial charge in [0.05, 0.1) is 24.3 Å². The van der Waals surface area contributed by atoms with Crippen LogP contribution in [0.1, 0.15) is 32.7 Å². The fourth-order valence-corrected chi connectivity index (χ4v) is 5.67. The summed E-state index contributed by atoms with van der Waals surface area (Å²) in [5, 5.41) is 10.4. The number of rotatable bonds is 4.